The van der Waals surface area contributed by atoms with Crippen LogP contribution in [-0.2, 0) is 19.2 Å². The van der Waals surface area contributed by atoms with Crippen molar-refractivity contribution in [3.05, 3.63) is 0 Å². The van der Waals surface area contributed by atoms with Crippen LogP contribution in [0.1, 0.15) is 58.8 Å². The summed E-state index contributed by atoms with van der Waals surface area (Å²) in [5.41, 5.74) is 21.4. The van der Waals surface area contributed by atoms with E-state index in [0.717, 1.165) is 6.42 Å². The molecule has 15 nitrogen and oxygen atoms in total. The topological polar surface area (TPSA) is 265 Å². The molecule has 5 atom stereocenters. The summed E-state index contributed by atoms with van der Waals surface area (Å²) < 4.78 is 0. The number of carboxylic acids is 1. The molecule has 0 aromatic rings. The molecule has 1 aliphatic heterocycles. The van der Waals surface area contributed by atoms with Crippen molar-refractivity contribution in [3.63, 3.8) is 0 Å². The van der Waals surface area contributed by atoms with Gasteiger partial charge in [-0.15, -0.1) is 0 Å². The minimum atomic E-state index is -1.17. The molecule has 0 spiro atoms. The van der Waals surface area contributed by atoms with Crippen LogP contribution in [-0.4, -0.2) is 84.5 Å². The first-order valence-electron chi connectivity index (χ1n) is 12.9. The number of carbonyl (C=O) groups excluding carboxylic acids is 3. The molecule has 5 unspecified atom stereocenters. The summed E-state index contributed by atoms with van der Waals surface area (Å²) in [5.74, 6) is -3.26. The van der Waals surface area contributed by atoms with Crippen molar-refractivity contribution < 1.29 is 24.3 Å². The van der Waals surface area contributed by atoms with E-state index in [1.807, 2.05) is 6.92 Å². The van der Waals surface area contributed by atoms with Crippen LogP contribution in [0.4, 0.5) is 0 Å². The maximum atomic E-state index is 13.3. The third-order valence-electron chi connectivity index (χ3n) is 6.31. The first kappa shape index (κ1) is 32.4. The Balaban J connectivity index is 3.03. The highest BCUT2D eigenvalue weighted by Crippen LogP contribution is 2.11. The lowest BCUT2D eigenvalue weighted by Gasteiger charge is -2.26. The summed E-state index contributed by atoms with van der Waals surface area (Å²) in [4.78, 5) is 58.6. The number of hydrogen-bond acceptors (Lipinski definition) is 7. The lowest BCUT2D eigenvalue weighted by atomic mass is 9.98. The van der Waals surface area contributed by atoms with E-state index in [2.05, 4.69) is 31.3 Å². The van der Waals surface area contributed by atoms with Gasteiger partial charge in [-0.3, -0.25) is 24.4 Å². The zero-order valence-electron chi connectivity index (χ0n) is 22.2. The second kappa shape index (κ2) is 17.0. The van der Waals surface area contributed by atoms with Gasteiger partial charge < -0.3 is 49.3 Å². The first-order chi connectivity index (χ1) is 18.0. The van der Waals surface area contributed by atoms with Crippen LogP contribution < -0.4 is 44.2 Å². The lowest BCUT2D eigenvalue weighted by Crippen LogP contribution is -2.57. The second-order valence-electron chi connectivity index (χ2n) is 9.38. The van der Waals surface area contributed by atoms with E-state index in [1.165, 1.54) is 0 Å². The van der Waals surface area contributed by atoms with Gasteiger partial charge in [-0.1, -0.05) is 20.3 Å². The van der Waals surface area contributed by atoms with Crippen molar-refractivity contribution in [1.29, 1.82) is 0 Å². The average Bonchev–Trinajstić information content (AvgIpc) is 3.40. The molecule has 1 rings (SSSR count). The van der Waals surface area contributed by atoms with Crippen LogP contribution in [0.15, 0.2) is 9.98 Å². The Morgan fingerprint density at radius 1 is 0.921 bits per heavy atom. The van der Waals surface area contributed by atoms with Crippen LogP contribution >= 0.6 is 0 Å². The summed E-state index contributed by atoms with van der Waals surface area (Å²) in [5, 5.41) is 20.6. The van der Waals surface area contributed by atoms with Crippen molar-refractivity contribution in [2.24, 2.45) is 38.8 Å². The fraction of sp³-hybridized carbons (Fsp3) is 0.739. The quantitative estimate of drug-likeness (QED) is 0.0528. The molecule has 38 heavy (non-hydrogen) atoms. The van der Waals surface area contributed by atoms with Crippen molar-refractivity contribution in [3.8, 4) is 0 Å². The Hall–Kier alpha value is -3.62. The highest BCUT2D eigenvalue weighted by atomic mass is 16.4. The van der Waals surface area contributed by atoms with Gasteiger partial charge in [0.25, 0.3) is 0 Å². The minimum Gasteiger partial charge on any atom is -0.480 e. The van der Waals surface area contributed by atoms with Crippen LogP contribution in [0, 0.1) is 5.92 Å². The van der Waals surface area contributed by atoms with E-state index in [-0.39, 0.29) is 49.7 Å². The van der Waals surface area contributed by atoms with Crippen LogP contribution in [0.3, 0.4) is 0 Å². The van der Waals surface area contributed by atoms with Crippen molar-refractivity contribution in [1.82, 2.24) is 21.3 Å². The number of nitrogens with zero attached hydrogens (tertiary/aromatic N) is 2. The molecule has 3 amide bonds. The maximum Gasteiger partial charge on any atom is 0.326 e. The van der Waals surface area contributed by atoms with E-state index in [9.17, 15) is 24.3 Å². The van der Waals surface area contributed by atoms with E-state index >= 15 is 0 Å². The highest BCUT2D eigenvalue weighted by Gasteiger charge is 2.32. The van der Waals surface area contributed by atoms with Gasteiger partial charge in [0.15, 0.2) is 11.9 Å². The van der Waals surface area contributed by atoms with Gasteiger partial charge in [0.2, 0.25) is 17.7 Å². The van der Waals surface area contributed by atoms with Crippen LogP contribution in [0.2, 0.25) is 0 Å². The largest absolute Gasteiger partial charge is 0.480 e. The maximum absolute atomic E-state index is 13.3. The van der Waals surface area contributed by atoms with Crippen LogP contribution in [0.5, 0.6) is 0 Å². The smallest absolute Gasteiger partial charge is 0.326 e. The Morgan fingerprint density at radius 2 is 1.45 bits per heavy atom. The van der Waals surface area contributed by atoms with Gasteiger partial charge in [-0.25, -0.2) is 4.79 Å². The molecule has 13 N–H and O–H groups in total. The number of rotatable bonds is 17. The minimum absolute atomic E-state index is 0.0861. The average molecular weight is 541 g/mol. The standard InChI is InChI=1S/C23H44N10O5/c1-3-13(2)17(21(37)38)33-20(36)16(9-6-12-30-23(26)27)32-19(35)15(8-5-11-29-22(24)25)31-18(34)14-7-4-10-28-14/h13-17,28H,3-12H2,1-2H3,(H,31,34)(H,32,35)(H,33,36)(H,37,38)(H4,24,25,29)(H4,26,27,30). The third kappa shape index (κ3) is 12.1. The number of guanidine groups is 2. The molecule has 0 aromatic heterocycles. The number of hydrogen-bond donors (Lipinski definition) is 9. The lowest BCUT2D eigenvalue weighted by molar-refractivity contribution is -0.144. The van der Waals surface area contributed by atoms with E-state index < -0.39 is 42.0 Å². The van der Waals surface area contributed by atoms with Gasteiger partial charge in [0.1, 0.15) is 18.1 Å². The predicted molar refractivity (Wildman–Crippen MR) is 144 cm³/mol. The second-order valence-corrected chi connectivity index (χ2v) is 9.38. The van der Waals surface area contributed by atoms with Gasteiger partial charge in [-0.2, -0.15) is 0 Å². The summed E-state index contributed by atoms with van der Waals surface area (Å²) in [6, 6.07) is -3.58. The fourth-order valence-electron chi connectivity index (χ4n) is 3.93. The molecule has 15 heteroatoms. The fourth-order valence-corrected chi connectivity index (χ4v) is 3.93. The number of carboxylic acid groups (broad SMARTS) is 1. The number of aliphatic imine (C=N–C) groups is 2. The number of amides is 3. The molecular weight excluding hydrogens is 496 g/mol. The number of aliphatic carboxylic acids is 1. The first-order valence-corrected chi connectivity index (χ1v) is 12.9. The van der Waals surface area contributed by atoms with Crippen molar-refractivity contribution in [2.75, 3.05) is 19.6 Å². The molecule has 1 aliphatic rings. The van der Waals surface area contributed by atoms with Crippen LogP contribution in [0.25, 0.3) is 0 Å². The molecule has 0 radical (unpaired) electrons. The summed E-state index contributed by atoms with van der Waals surface area (Å²) >= 11 is 0. The summed E-state index contributed by atoms with van der Waals surface area (Å²) in [6.45, 7) is 4.70. The van der Waals surface area contributed by atoms with E-state index in [1.54, 1.807) is 6.92 Å². The molecule has 216 valence electrons. The number of nitrogens with two attached hydrogens (primary N) is 4. The van der Waals surface area contributed by atoms with Gasteiger partial charge in [-0.05, 0) is 51.0 Å². The van der Waals surface area contributed by atoms with E-state index in [4.69, 9.17) is 22.9 Å². The molecular formula is C23H44N10O5. The molecule has 0 aromatic carbocycles. The Kier molecular flexibility index (Phi) is 14.5. The molecule has 1 heterocycles. The SMILES string of the molecule is CCC(C)C(NC(=O)C(CCCN=C(N)N)NC(=O)C(CCCN=C(N)N)NC(=O)C1CCCN1)C(=O)O. The van der Waals surface area contributed by atoms with E-state index in [0.29, 0.717) is 32.2 Å². The number of carbonyl (C=O) groups is 4. The Bertz CT molecular complexity index is 852. The molecule has 0 aliphatic carbocycles. The molecule has 0 saturated carbocycles. The van der Waals surface area contributed by atoms with Crippen molar-refractivity contribution in [2.45, 2.75) is 83.0 Å². The summed E-state index contributed by atoms with van der Waals surface area (Å²) in [7, 11) is 0. The molecule has 1 saturated heterocycles. The Labute approximate surface area is 223 Å². The molecule has 1 fully saturated rings. The Morgan fingerprint density at radius 3 is 1.89 bits per heavy atom. The zero-order chi connectivity index (χ0) is 28.7. The third-order valence-corrected chi connectivity index (χ3v) is 6.31. The van der Waals surface area contributed by atoms with Crippen molar-refractivity contribution >= 4 is 35.6 Å². The normalized spacial score (nSPS) is 17.8. The summed E-state index contributed by atoms with van der Waals surface area (Å²) in [6.07, 6.45) is 3.11. The van der Waals surface area contributed by atoms with Gasteiger partial charge in [0, 0.05) is 13.1 Å². The highest BCUT2D eigenvalue weighted by molar-refractivity contribution is 5.94. The van der Waals surface area contributed by atoms with Gasteiger partial charge in [0.05, 0.1) is 6.04 Å². The zero-order valence-corrected chi connectivity index (χ0v) is 22.2. The monoisotopic (exact) mass is 540 g/mol. The van der Waals surface area contributed by atoms with Gasteiger partial charge >= 0.3 is 5.97 Å². The molecule has 0 bridgehead atoms. The predicted octanol–water partition coefficient (Wildman–Crippen LogP) is -2.57. The number of nitrogens with one attached hydrogen (secondary N) is 4.